The summed E-state index contributed by atoms with van der Waals surface area (Å²) in [7, 11) is 0. The van der Waals surface area contributed by atoms with E-state index in [0.29, 0.717) is 26.5 Å². The number of anilines is 1. The average molecular weight is 466 g/mol. The summed E-state index contributed by atoms with van der Waals surface area (Å²) >= 11 is 11.3. The van der Waals surface area contributed by atoms with Gasteiger partial charge in [0.1, 0.15) is 5.82 Å². The molecule has 0 amide bonds. The molecular formula is C13H7BrClFIN3. The minimum atomic E-state index is -0.359. The molecule has 0 saturated carbocycles. The van der Waals surface area contributed by atoms with Crippen LogP contribution in [-0.2, 0) is 0 Å². The maximum atomic E-state index is 13.8. The van der Waals surface area contributed by atoms with Crippen molar-refractivity contribution in [1.82, 2.24) is 9.55 Å². The first-order valence-corrected chi connectivity index (χ1v) is 7.81. The van der Waals surface area contributed by atoms with Crippen molar-refractivity contribution in [3.05, 3.63) is 49.2 Å². The third kappa shape index (κ3) is 2.29. The lowest BCUT2D eigenvalue weighted by atomic mass is 10.2. The van der Waals surface area contributed by atoms with E-state index in [4.69, 9.17) is 17.3 Å². The number of aromatic nitrogens is 2. The highest BCUT2D eigenvalue weighted by Crippen LogP contribution is 2.30. The maximum Gasteiger partial charge on any atom is 0.205 e. The second-order valence-electron chi connectivity index (χ2n) is 4.16. The Bertz CT molecular complexity index is 834. The zero-order chi connectivity index (χ0) is 14.4. The topological polar surface area (TPSA) is 43.8 Å². The Hall–Kier alpha value is -0.860. The van der Waals surface area contributed by atoms with E-state index in [1.54, 1.807) is 16.7 Å². The predicted molar refractivity (Wildman–Crippen MR) is 90.9 cm³/mol. The van der Waals surface area contributed by atoms with Gasteiger partial charge >= 0.3 is 0 Å². The van der Waals surface area contributed by atoms with Crippen LogP contribution in [0.1, 0.15) is 0 Å². The van der Waals surface area contributed by atoms with Gasteiger partial charge in [0.25, 0.3) is 0 Å². The Morgan fingerprint density at radius 1 is 1.30 bits per heavy atom. The zero-order valence-corrected chi connectivity index (χ0v) is 14.4. The SMILES string of the molecule is Nc1nc2cc(Br)c(F)cc2n1-c1ccc(Cl)cc1I. The summed E-state index contributed by atoms with van der Waals surface area (Å²) < 4.78 is 16.7. The van der Waals surface area contributed by atoms with Gasteiger partial charge in [-0.3, -0.25) is 4.57 Å². The molecule has 0 aliphatic carbocycles. The van der Waals surface area contributed by atoms with Crippen LogP contribution in [-0.4, -0.2) is 9.55 Å². The fraction of sp³-hybridized carbons (Fsp3) is 0. The molecule has 0 radical (unpaired) electrons. The van der Waals surface area contributed by atoms with E-state index in [0.717, 1.165) is 9.26 Å². The van der Waals surface area contributed by atoms with Crippen molar-refractivity contribution in [2.24, 2.45) is 0 Å². The molecule has 1 aromatic heterocycles. The van der Waals surface area contributed by atoms with Crippen molar-refractivity contribution in [3.63, 3.8) is 0 Å². The van der Waals surface area contributed by atoms with Crippen molar-refractivity contribution < 1.29 is 4.39 Å². The number of hydrogen-bond donors (Lipinski definition) is 1. The highest BCUT2D eigenvalue weighted by atomic mass is 127. The van der Waals surface area contributed by atoms with Gasteiger partial charge in [-0.25, -0.2) is 9.37 Å². The highest BCUT2D eigenvalue weighted by Gasteiger charge is 2.15. The Labute approximate surface area is 141 Å². The van der Waals surface area contributed by atoms with Gasteiger partial charge in [-0.05, 0) is 62.8 Å². The molecule has 7 heteroatoms. The van der Waals surface area contributed by atoms with Crippen LogP contribution in [0.3, 0.4) is 0 Å². The van der Waals surface area contributed by atoms with Crippen molar-refractivity contribution in [3.8, 4) is 5.69 Å². The number of fused-ring (bicyclic) bond motifs is 1. The van der Waals surface area contributed by atoms with E-state index in [9.17, 15) is 4.39 Å². The van der Waals surface area contributed by atoms with Crippen LogP contribution >= 0.6 is 50.1 Å². The summed E-state index contributed by atoms with van der Waals surface area (Å²) in [6.07, 6.45) is 0. The van der Waals surface area contributed by atoms with Gasteiger partial charge in [-0.15, -0.1) is 0 Å². The zero-order valence-electron chi connectivity index (χ0n) is 9.87. The molecule has 2 aromatic carbocycles. The Kier molecular flexibility index (Phi) is 3.64. The van der Waals surface area contributed by atoms with Gasteiger partial charge in [-0.1, -0.05) is 11.6 Å². The molecular weight excluding hydrogens is 459 g/mol. The summed E-state index contributed by atoms with van der Waals surface area (Å²) in [5.41, 5.74) is 8.03. The molecule has 2 N–H and O–H groups in total. The third-order valence-corrected chi connectivity index (χ3v) is 4.58. The molecule has 0 atom stereocenters. The number of nitrogens with two attached hydrogens (primary N) is 1. The summed E-state index contributed by atoms with van der Waals surface area (Å²) in [5, 5.41) is 0.634. The number of nitrogen functional groups attached to an aromatic ring is 1. The fourth-order valence-electron chi connectivity index (χ4n) is 2.01. The van der Waals surface area contributed by atoms with Crippen LogP contribution in [0.2, 0.25) is 5.02 Å². The van der Waals surface area contributed by atoms with Crippen molar-refractivity contribution in [2.75, 3.05) is 5.73 Å². The lowest BCUT2D eigenvalue weighted by Gasteiger charge is -2.09. The number of benzene rings is 2. The summed E-state index contributed by atoms with van der Waals surface area (Å²) in [6.45, 7) is 0. The minimum absolute atomic E-state index is 0.303. The summed E-state index contributed by atoms with van der Waals surface area (Å²) in [6, 6.07) is 8.44. The molecule has 0 bridgehead atoms. The second kappa shape index (κ2) is 5.16. The molecule has 20 heavy (non-hydrogen) atoms. The van der Waals surface area contributed by atoms with Crippen molar-refractivity contribution in [2.45, 2.75) is 0 Å². The van der Waals surface area contributed by atoms with Crippen LogP contribution in [0.15, 0.2) is 34.8 Å². The van der Waals surface area contributed by atoms with Crippen LogP contribution in [0.25, 0.3) is 16.7 Å². The second-order valence-corrected chi connectivity index (χ2v) is 6.61. The number of hydrogen-bond acceptors (Lipinski definition) is 2. The number of rotatable bonds is 1. The molecule has 102 valence electrons. The molecule has 0 unspecified atom stereocenters. The summed E-state index contributed by atoms with van der Waals surface area (Å²) in [5.74, 6) is -0.0552. The van der Waals surface area contributed by atoms with Crippen molar-refractivity contribution >= 4 is 67.1 Å². The molecule has 3 rings (SSSR count). The van der Waals surface area contributed by atoms with E-state index < -0.39 is 0 Å². The van der Waals surface area contributed by atoms with Crippen molar-refractivity contribution in [1.29, 1.82) is 0 Å². The van der Waals surface area contributed by atoms with E-state index in [1.807, 2.05) is 12.1 Å². The fourth-order valence-corrected chi connectivity index (χ4v) is 3.45. The van der Waals surface area contributed by atoms with E-state index in [1.165, 1.54) is 6.07 Å². The third-order valence-electron chi connectivity index (χ3n) is 2.87. The Balaban J connectivity index is 2.35. The molecule has 0 aliphatic heterocycles. The van der Waals surface area contributed by atoms with Crippen LogP contribution < -0.4 is 5.73 Å². The monoisotopic (exact) mass is 465 g/mol. The molecule has 0 aliphatic rings. The van der Waals surface area contributed by atoms with Crippen LogP contribution in [0.5, 0.6) is 0 Å². The van der Waals surface area contributed by atoms with Gasteiger partial charge < -0.3 is 5.73 Å². The lowest BCUT2D eigenvalue weighted by Crippen LogP contribution is -2.02. The first-order chi connectivity index (χ1) is 9.47. The van der Waals surface area contributed by atoms with Gasteiger partial charge in [0.05, 0.1) is 21.2 Å². The van der Waals surface area contributed by atoms with Gasteiger partial charge in [0.2, 0.25) is 5.95 Å². The minimum Gasteiger partial charge on any atom is -0.369 e. The maximum absolute atomic E-state index is 13.8. The van der Waals surface area contributed by atoms with Gasteiger partial charge in [0.15, 0.2) is 0 Å². The smallest absolute Gasteiger partial charge is 0.205 e. The summed E-state index contributed by atoms with van der Waals surface area (Å²) in [4.78, 5) is 4.26. The molecule has 1 heterocycles. The average Bonchev–Trinajstić information content (AvgIpc) is 2.66. The first kappa shape index (κ1) is 14.1. The molecule has 3 aromatic rings. The molecule has 0 saturated heterocycles. The molecule has 0 spiro atoms. The van der Waals surface area contributed by atoms with Crippen LogP contribution in [0, 0.1) is 9.39 Å². The largest absolute Gasteiger partial charge is 0.369 e. The van der Waals surface area contributed by atoms with E-state index >= 15 is 0 Å². The quantitative estimate of drug-likeness (QED) is 0.526. The first-order valence-electron chi connectivity index (χ1n) is 5.56. The molecule has 3 nitrogen and oxygen atoms in total. The number of imidazole rings is 1. The Morgan fingerprint density at radius 2 is 2.05 bits per heavy atom. The normalized spacial score (nSPS) is 11.2. The number of halogens is 4. The Morgan fingerprint density at radius 3 is 2.75 bits per heavy atom. The molecule has 0 fully saturated rings. The standard InChI is InChI=1S/C13H7BrClFIN3/c14-7-4-10-12(5-8(7)16)20(13(18)19-10)11-2-1-6(15)3-9(11)17/h1-5H,(H2,18,19). The van der Waals surface area contributed by atoms with Gasteiger partial charge in [-0.2, -0.15) is 0 Å². The van der Waals surface area contributed by atoms with E-state index in [-0.39, 0.29) is 5.82 Å². The van der Waals surface area contributed by atoms with Gasteiger partial charge in [0, 0.05) is 14.7 Å². The highest BCUT2D eigenvalue weighted by molar-refractivity contribution is 14.1. The predicted octanol–water partition coefficient (Wildman–Crippen LogP) is 4.77. The van der Waals surface area contributed by atoms with Crippen LogP contribution in [0.4, 0.5) is 10.3 Å². The number of nitrogens with zero attached hydrogens (tertiary/aromatic N) is 2. The lowest BCUT2D eigenvalue weighted by molar-refractivity contribution is 0.622. The van der Waals surface area contributed by atoms with E-state index in [2.05, 4.69) is 43.5 Å².